The van der Waals surface area contributed by atoms with Gasteiger partial charge in [0.25, 0.3) is 0 Å². The van der Waals surface area contributed by atoms with E-state index < -0.39 is 12.1 Å². The van der Waals surface area contributed by atoms with Crippen LogP contribution < -0.4 is 20.9 Å². The van der Waals surface area contributed by atoms with E-state index in [0.29, 0.717) is 41.7 Å². The average Bonchev–Trinajstić information content (AvgIpc) is 2.77. The number of anilines is 2. The van der Waals surface area contributed by atoms with Crippen molar-refractivity contribution in [2.75, 3.05) is 11.5 Å². The average molecular weight is 475 g/mol. The van der Waals surface area contributed by atoms with Crippen LogP contribution in [0.25, 0.3) is 0 Å². The maximum atomic E-state index is 10.6. The second kappa shape index (κ2) is 10.4. The lowest BCUT2D eigenvalue weighted by atomic mass is 9.99. The normalized spacial score (nSPS) is 11.2. The predicted octanol–water partition coefficient (Wildman–Crippen LogP) is 4.06. The lowest BCUT2D eigenvalue weighted by Crippen LogP contribution is -2.21. The topological polar surface area (TPSA) is 157 Å². The van der Waals surface area contributed by atoms with Crippen molar-refractivity contribution in [3.05, 3.63) is 65.0 Å². The summed E-state index contributed by atoms with van der Waals surface area (Å²) in [5.41, 5.74) is 15.0. The molecule has 178 valence electrons. The van der Waals surface area contributed by atoms with Gasteiger partial charge in [0.15, 0.2) is 11.5 Å². The van der Waals surface area contributed by atoms with Crippen molar-refractivity contribution in [2.45, 2.75) is 26.6 Å². The third kappa shape index (κ3) is 5.63. The van der Waals surface area contributed by atoms with Crippen LogP contribution in [0.5, 0.6) is 17.4 Å². The molecule has 0 bridgehead atoms. The molecule has 0 unspecified atom stereocenters. The molecule has 0 spiro atoms. The Morgan fingerprint density at radius 2 is 1.88 bits per heavy atom. The predicted molar refractivity (Wildman–Crippen MR) is 116 cm³/mol. The number of aromatic nitrogens is 2. The van der Waals surface area contributed by atoms with Crippen LogP contribution in [0.15, 0.2) is 42.7 Å². The van der Waals surface area contributed by atoms with Gasteiger partial charge in [-0.3, -0.25) is 4.98 Å². The Hall–Kier alpha value is -4.53. The highest BCUT2D eigenvalue weighted by Gasteiger charge is 2.38. The third-order valence-corrected chi connectivity index (χ3v) is 4.46. The van der Waals surface area contributed by atoms with Gasteiger partial charge in [0.05, 0.1) is 5.69 Å². The number of nitriles is 1. The highest BCUT2D eigenvalue weighted by atomic mass is 19.4. The van der Waals surface area contributed by atoms with Crippen molar-refractivity contribution in [1.29, 1.82) is 5.26 Å². The second-order valence-electron chi connectivity index (χ2n) is 6.65. The number of benzene rings is 1. The summed E-state index contributed by atoms with van der Waals surface area (Å²) in [5, 5.41) is 16.3. The number of halogens is 3. The molecule has 0 aliphatic carbocycles. The standard InChI is InChI=1S/C19H15N5O2.C2HF3O2.CH4/c20-9-14-16(21)13-8-12-2-1-3-15(17(12)26-19(13)24-18(14)22)25-10-11-4-6-23-7-5-11;3-2(4,5)1(6)7;/h1-7H,8,10H2,(H4,21,22,24);(H,6,7);1H4. The van der Waals surface area contributed by atoms with Gasteiger partial charge in [-0.15, -0.1) is 0 Å². The molecule has 0 saturated carbocycles. The van der Waals surface area contributed by atoms with E-state index in [0.717, 1.165) is 11.1 Å². The summed E-state index contributed by atoms with van der Waals surface area (Å²) in [7, 11) is 0. The summed E-state index contributed by atoms with van der Waals surface area (Å²) in [6.45, 7) is 0.389. The zero-order chi connectivity index (χ0) is 24.2. The summed E-state index contributed by atoms with van der Waals surface area (Å²) in [5.74, 6) is -1.19. The summed E-state index contributed by atoms with van der Waals surface area (Å²) >= 11 is 0. The largest absolute Gasteiger partial charge is 0.490 e. The van der Waals surface area contributed by atoms with Crippen LogP contribution in [-0.2, 0) is 17.8 Å². The van der Waals surface area contributed by atoms with Crippen LogP contribution in [0.2, 0.25) is 0 Å². The van der Waals surface area contributed by atoms with E-state index in [4.69, 9.17) is 30.8 Å². The number of ether oxygens (including phenoxy) is 2. The number of hydrogen-bond donors (Lipinski definition) is 3. The Balaban J connectivity index is 0.000000449. The monoisotopic (exact) mass is 475 g/mol. The minimum Gasteiger partial charge on any atom is -0.485 e. The molecular weight excluding hydrogens is 455 g/mol. The van der Waals surface area contributed by atoms with Crippen molar-refractivity contribution < 1.29 is 32.5 Å². The molecular formula is C22H20F3N5O4. The quantitative estimate of drug-likeness (QED) is 0.397. The summed E-state index contributed by atoms with van der Waals surface area (Å²) in [6, 6.07) is 11.4. The van der Waals surface area contributed by atoms with Crippen LogP contribution in [0.1, 0.15) is 29.7 Å². The van der Waals surface area contributed by atoms with Gasteiger partial charge in [0, 0.05) is 29.9 Å². The SMILES string of the molecule is C.N#Cc1c(N)nc2c(c1N)Cc1cccc(OCc3ccncc3)c1O2.O=C(O)C(F)(F)F. The number of carbonyl (C=O) groups is 1. The van der Waals surface area contributed by atoms with Crippen LogP contribution >= 0.6 is 0 Å². The van der Waals surface area contributed by atoms with Crippen molar-refractivity contribution >= 4 is 17.5 Å². The molecule has 2 aromatic heterocycles. The Labute approximate surface area is 192 Å². The minimum absolute atomic E-state index is 0. The number of alkyl halides is 3. The van der Waals surface area contributed by atoms with Gasteiger partial charge in [0.1, 0.15) is 24.1 Å². The third-order valence-electron chi connectivity index (χ3n) is 4.46. The number of nitrogen functional groups attached to an aromatic ring is 2. The van der Waals surface area contributed by atoms with Crippen molar-refractivity contribution in [1.82, 2.24) is 9.97 Å². The fourth-order valence-electron chi connectivity index (χ4n) is 2.87. The van der Waals surface area contributed by atoms with Crippen LogP contribution in [-0.4, -0.2) is 27.2 Å². The smallest absolute Gasteiger partial charge is 0.485 e. The maximum Gasteiger partial charge on any atom is 0.490 e. The Morgan fingerprint density at radius 1 is 1.24 bits per heavy atom. The maximum absolute atomic E-state index is 10.6. The van der Waals surface area contributed by atoms with Crippen molar-refractivity contribution in [3.8, 4) is 23.4 Å². The molecule has 0 atom stereocenters. The van der Waals surface area contributed by atoms with E-state index in [-0.39, 0.29) is 18.8 Å². The molecule has 5 N–H and O–H groups in total. The molecule has 3 aromatic rings. The summed E-state index contributed by atoms with van der Waals surface area (Å²) < 4.78 is 43.6. The van der Waals surface area contributed by atoms with Crippen LogP contribution in [0, 0.1) is 11.3 Å². The van der Waals surface area contributed by atoms with E-state index in [2.05, 4.69) is 9.97 Å². The molecule has 1 aliphatic heterocycles. The number of rotatable bonds is 3. The zero-order valence-electron chi connectivity index (χ0n) is 16.8. The number of pyridine rings is 2. The van der Waals surface area contributed by atoms with Gasteiger partial charge in [-0.05, 0) is 23.8 Å². The van der Waals surface area contributed by atoms with Crippen molar-refractivity contribution in [3.63, 3.8) is 0 Å². The Morgan fingerprint density at radius 3 is 2.47 bits per heavy atom. The molecule has 0 radical (unpaired) electrons. The van der Waals surface area contributed by atoms with Gasteiger partial charge in [-0.25, -0.2) is 4.79 Å². The lowest BCUT2D eigenvalue weighted by molar-refractivity contribution is -0.192. The van der Waals surface area contributed by atoms with Gasteiger partial charge in [-0.1, -0.05) is 19.6 Å². The molecule has 9 nitrogen and oxygen atoms in total. The molecule has 0 amide bonds. The fraction of sp³-hybridized carbons (Fsp3) is 0.182. The second-order valence-corrected chi connectivity index (χ2v) is 6.65. The van der Waals surface area contributed by atoms with Crippen LogP contribution in [0.3, 0.4) is 0 Å². The molecule has 3 heterocycles. The first-order chi connectivity index (χ1) is 15.6. The van der Waals surface area contributed by atoms with E-state index in [1.54, 1.807) is 12.4 Å². The molecule has 4 rings (SSSR count). The van der Waals surface area contributed by atoms with Gasteiger partial charge in [0.2, 0.25) is 5.88 Å². The molecule has 12 heteroatoms. The first-order valence-electron chi connectivity index (χ1n) is 9.21. The number of para-hydroxylation sites is 1. The number of carboxylic acid groups (broad SMARTS) is 1. The Bertz CT molecular complexity index is 1230. The van der Waals surface area contributed by atoms with Crippen LogP contribution in [0.4, 0.5) is 24.7 Å². The van der Waals surface area contributed by atoms with Gasteiger partial charge < -0.3 is 26.0 Å². The van der Waals surface area contributed by atoms with Gasteiger partial charge in [-0.2, -0.15) is 23.4 Å². The van der Waals surface area contributed by atoms with E-state index in [1.807, 2.05) is 36.4 Å². The fourth-order valence-corrected chi connectivity index (χ4v) is 2.87. The highest BCUT2D eigenvalue weighted by molar-refractivity contribution is 5.73. The number of carboxylic acids is 1. The number of nitrogens with zero attached hydrogens (tertiary/aromatic N) is 3. The van der Waals surface area contributed by atoms with E-state index in [9.17, 15) is 18.4 Å². The molecule has 34 heavy (non-hydrogen) atoms. The lowest BCUT2D eigenvalue weighted by Gasteiger charge is -2.23. The summed E-state index contributed by atoms with van der Waals surface area (Å²) in [4.78, 5) is 17.1. The first kappa shape index (κ1) is 25.7. The first-order valence-corrected chi connectivity index (χ1v) is 9.21. The van der Waals surface area contributed by atoms with Crippen molar-refractivity contribution in [2.24, 2.45) is 0 Å². The minimum atomic E-state index is -5.08. The van der Waals surface area contributed by atoms with E-state index >= 15 is 0 Å². The molecule has 0 fully saturated rings. The van der Waals surface area contributed by atoms with Gasteiger partial charge >= 0.3 is 12.1 Å². The molecule has 1 aromatic carbocycles. The summed E-state index contributed by atoms with van der Waals surface area (Å²) in [6.07, 6.45) is -1.16. The number of fused-ring (bicyclic) bond motifs is 2. The number of hydrogen-bond acceptors (Lipinski definition) is 8. The Kier molecular flexibility index (Phi) is 7.86. The number of aliphatic carboxylic acids is 1. The number of nitrogens with two attached hydrogens (primary N) is 2. The molecule has 1 aliphatic rings. The van der Waals surface area contributed by atoms with E-state index in [1.165, 1.54) is 0 Å². The highest BCUT2D eigenvalue weighted by Crippen LogP contribution is 2.44. The molecule has 0 saturated heterocycles. The zero-order valence-corrected chi connectivity index (χ0v) is 16.8.